The molecule has 146 valence electrons. The first-order valence-corrected chi connectivity index (χ1v) is 5.79. The van der Waals surface area contributed by atoms with Crippen LogP contribution in [0.1, 0.15) is 6.42 Å². The van der Waals surface area contributed by atoms with Gasteiger partial charge >= 0.3 is 0 Å². The molecule has 1 aliphatic rings. The van der Waals surface area contributed by atoms with E-state index < -0.39 is 0 Å². The summed E-state index contributed by atoms with van der Waals surface area (Å²) in [5, 5.41) is 15.1. The Labute approximate surface area is 172 Å². The van der Waals surface area contributed by atoms with Gasteiger partial charge in [-0.1, -0.05) is 18.3 Å². The molecule has 0 saturated heterocycles. The topological polar surface area (TPSA) is 53.4 Å². The first kappa shape index (κ1) is 43.8. The number of para-hydroxylation sites is 1. The third-order valence-corrected chi connectivity index (χ3v) is 2.02. The maximum atomic E-state index is 7.00. The van der Waals surface area contributed by atoms with Crippen molar-refractivity contribution in [3.63, 3.8) is 0 Å². The van der Waals surface area contributed by atoms with Gasteiger partial charge in [-0.3, -0.25) is 6.08 Å². The van der Waals surface area contributed by atoms with E-state index in [-0.39, 0.29) is 58.9 Å². The molecule has 0 aliphatic heterocycles. The number of benzene rings is 1. The van der Waals surface area contributed by atoms with Crippen molar-refractivity contribution in [2.75, 3.05) is 14.2 Å². The average Bonchev–Trinajstić information content (AvgIpc) is 3.11. The number of hydrogen-bond donors (Lipinski definition) is 2. The Morgan fingerprint density at radius 3 is 1.88 bits per heavy atom. The predicted octanol–water partition coefficient (Wildman–Crippen LogP) is 4.81. The molecular weight excluding hydrogens is 346 g/mol. The second-order valence-corrected chi connectivity index (χ2v) is 3.11. The van der Waals surface area contributed by atoms with Crippen LogP contribution in [-0.2, 0) is 21.7 Å². The fourth-order valence-electron chi connectivity index (χ4n) is 1.29. The van der Waals surface area contributed by atoms with E-state index in [2.05, 4.69) is 23.2 Å². The van der Waals surface area contributed by atoms with Crippen LogP contribution in [0, 0.1) is 49.3 Å². The van der Waals surface area contributed by atoms with Crippen molar-refractivity contribution in [3.8, 4) is 0 Å². The van der Waals surface area contributed by atoms with Gasteiger partial charge in [0.25, 0.3) is 0 Å². The van der Waals surface area contributed by atoms with Crippen molar-refractivity contribution < 1.29 is 31.9 Å². The van der Waals surface area contributed by atoms with E-state index in [0.717, 1.165) is 31.5 Å². The molecule has 2 aromatic rings. The van der Waals surface area contributed by atoms with Crippen LogP contribution >= 0.6 is 0 Å². The molecule has 0 spiro atoms. The molecule has 25 heavy (non-hydrogen) atoms. The van der Waals surface area contributed by atoms with E-state index in [9.17, 15) is 0 Å². The van der Waals surface area contributed by atoms with Crippen molar-refractivity contribution in [3.05, 3.63) is 104 Å². The molecule has 1 aliphatic carbocycles. The van der Waals surface area contributed by atoms with Crippen LogP contribution in [0.5, 0.6) is 0 Å². The Bertz CT molecular complexity index is 424. The smallest absolute Gasteiger partial charge is 0.0319 e. The second-order valence-electron chi connectivity index (χ2n) is 3.11. The summed E-state index contributed by atoms with van der Waals surface area (Å²) in [5.74, 6) is 0. The van der Waals surface area contributed by atoms with Gasteiger partial charge in [-0.25, -0.2) is 12.2 Å². The molecule has 1 aromatic heterocycles. The monoisotopic (exact) mass is 380 g/mol. The van der Waals surface area contributed by atoms with Crippen molar-refractivity contribution in [1.29, 1.82) is 0 Å². The quantitative estimate of drug-likeness (QED) is 0.510. The normalized spacial score (nSPS) is 8.00. The minimum atomic E-state index is 0. The molecule has 1 aromatic carbocycles. The molecule has 3 nitrogen and oxygen atoms in total. The van der Waals surface area contributed by atoms with Gasteiger partial charge in [0.05, 0.1) is 0 Å². The largest absolute Gasteiger partial charge is 0.400 e. The second kappa shape index (κ2) is 34.2. The van der Waals surface area contributed by atoms with Crippen LogP contribution in [0.15, 0.2) is 54.8 Å². The third kappa shape index (κ3) is 20.7. The standard InChI is InChI=1S/C9H6N.C5H5.2CH4O.5CH3.Ti/c1-2-6-9-8(4-1)5-3-7-10-9;1-2-4-5-3-1;2*1-2;;;;;;/h1-4,6-7H;1-3H,4H2;2*2H,1H3;5*1H3;/q2*-1;;;5*-1;. The first-order chi connectivity index (χ1) is 9.47. The summed E-state index contributed by atoms with van der Waals surface area (Å²) in [6, 6.07) is 12.9. The molecule has 0 amide bonds. The summed E-state index contributed by atoms with van der Waals surface area (Å²) >= 11 is 0. The zero-order valence-corrected chi connectivity index (χ0v) is 18.3. The summed E-state index contributed by atoms with van der Waals surface area (Å²) in [5.41, 5.74) is 1.00. The number of aliphatic hydroxyl groups excluding tert-OH is 2. The molecular formula is C21H34NO2Ti-7. The van der Waals surface area contributed by atoms with Gasteiger partial charge in [-0.2, -0.15) is 6.08 Å². The maximum absolute atomic E-state index is 7.00. The molecule has 3 rings (SSSR count). The summed E-state index contributed by atoms with van der Waals surface area (Å²) in [6.07, 6.45) is 11.8. The van der Waals surface area contributed by atoms with E-state index in [1.807, 2.05) is 42.5 Å². The van der Waals surface area contributed by atoms with Gasteiger partial charge in [-0.05, 0) is 5.52 Å². The Kier molecular flexibility index (Phi) is 59.9. The van der Waals surface area contributed by atoms with Crippen LogP contribution in [0.4, 0.5) is 0 Å². The SMILES string of the molecule is CO.CO.[C-]1=CC=CC1.[CH3-].[CH3-].[CH3-].[CH3-].[CH3-].[Ti].[c-]1ccnc2ccccc12. The van der Waals surface area contributed by atoms with Crippen LogP contribution in [0.3, 0.4) is 0 Å². The molecule has 0 fully saturated rings. The van der Waals surface area contributed by atoms with Crippen molar-refractivity contribution in [1.82, 2.24) is 4.98 Å². The van der Waals surface area contributed by atoms with Gasteiger partial charge in [0, 0.05) is 35.9 Å². The van der Waals surface area contributed by atoms with Gasteiger partial charge in [-0.15, -0.1) is 36.1 Å². The van der Waals surface area contributed by atoms with E-state index in [1.165, 1.54) is 0 Å². The number of rotatable bonds is 0. The Morgan fingerprint density at radius 2 is 1.48 bits per heavy atom. The van der Waals surface area contributed by atoms with Crippen molar-refractivity contribution in [2.24, 2.45) is 0 Å². The number of aliphatic hydroxyl groups is 2. The Hall–Kier alpha value is -1.26. The molecule has 0 saturated carbocycles. The molecule has 0 unspecified atom stereocenters. The first-order valence-electron chi connectivity index (χ1n) is 5.79. The number of aromatic nitrogens is 1. The summed E-state index contributed by atoms with van der Waals surface area (Å²) in [6.45, 7) is 0. The van der Waals surface area contributed by atoms with Gasteiger partial charge in [0.2, 0.25) is 0 Å². The minimum absolute atomic E-state index is 0. The molecule has 1 heterocycles. The van der Waals surface area contributed by atoms with Crippen LogP contribution < -0.4 is 0 Å². The predicted molar refractivity (Wildman–Crippen MR) is 111 cm³/mol. The maximum Gasteiger partial charge on any atom is 0.0319 e. The number of pyridine rings is 1. The number of hydrogen-bond acceptors (Lipinski definition) is 3. The number of fused-ring (bicyclic) bond motifs is 1. The van der Waals surface area contributed by atoms with Crippen LogP contribution in [0.25, 0.3) is 10.9 Å². The van der Waals surface area contributed by atoms with E-state index in [0.29, 0.717) is 0 Å². The minimum Gasteiger partial charge on any atom is -0.400 e. The van der Waals surface area contributed by atoms with E-state index >= 15 is 0 Å². The fourth-order valence-corrected chi connectivity index (χ4v) is 1.29. The van der Waals surface area contributed by atoms with Crippen molar-refractivity contribution >= 4 is 10.9 Å². The Morgan fingerprint density at radius 1 is 0.920 bits per heavy atom. The fraction of sp³-hybridized carbons (Fsp3) is 0.143. The molecule has 0 atom stereocenters. The summed E-state index contributed by atoms with van der Waals surface area (Å²) in [4.78, 5) is 4.15. The van der Waals surface area contributed by atoms with Crippen LogP contribution in [0.2, 0.25) is 0 Å². The summed E-state index contributed by atoms with van der Waals surface area (Å²) in [7, 11) is 2.00. The number of nitrogens with zero attached hydrogens (tertiary/aromatic N) is 1. The van der Waals surface area contributed by atoms with E-state index in [1.54, 1.807) is 6.20 Å². The third-order valence-electron chi connectivity index (χ3n) is 2.02. The zero-order chi connectivity index (χ0) is 14.3. The molecule has 0 bridgehead atoms. The average molecular weight is 380 g/mol. The van der Waals surface area contributed by atoms with Gasteiger partial charge in [0.15, 0.2) is 0 Å². The number of allylic oxidation sites excluding steroid dienone is 4. The Balaban J connectivity index is -0.0000000385. The van der Waals surface area contributed by atoms with Gasteiger partial charge < -0.3 is 52.3 Å². The molecule has 4 heteroatoms. The van der Waals surface area contributed by atoms with Crippen LogP contribution in [-0.4, -0.2) is 29.4 Å². The zero-order valence-electron chi connectivity index (χ0n) is 16.7. The molecule has 2 N–H and O–H groups in total. The van der Waals surface area contributed by atoms with Crippen molar-refractivity contribution in [2.45, 2.75) is 6.42 Å². The van der Waals surface area contributed by atoms with Gasteiger partial charge in [0.1, 0.15) is 0 Å². The van der Waals surface area contributed by atoms with E-state index in [4.69, 9.17) is 10.2 Å². The molecule has 0 radical (unpaired) electrons. The summed E-state index contributed by atoms with van der Waals surface area (Å²) < 4.78 is 0.